The van der Waals surface area contributed by atoms with Crippen molar-refractivity contribution >= 4 is 28.2 Å². The molecule has 0 aliphatic heterocycles. The van der Waals surface area contributed by atoms with E-state index in [1.54, 1.807) is 26.0 Å². The third kappa shape index (κ3) is 4.85. The number of carbonyl (C=O) groups is 2. The van der Waals surface area contributed by atoms with Crippen LogP contribution in [0.15, 0.2) is 16.6 Å². The summed E-state index contributed by atoms with van der Waals surface area (Å²) in [5.74, 6) is 0.332. The van der Waals surface area contributed by atoms with Gasteiger partial charge in [-0.15, -0.1) is 0 Å². The topological polar surface area (TPSA) is 61.8 Å². The van der Waals surface area contributed by atoms with Crippen LogP contribution in [0.3, 0.4) is 0 Å². The maximum Gasteiger partial charge on any atom is 0.344 e. The molecule has 5 nitrogen and oxygen atoms in total. The molecule has 6 heteroatoms. The molecular weight excluding hydrogens is 328 g/mol. The van der Waals surface area contributed by atoms with Crippen LogP contribution in [0.1, 0.15) is 31.1 Å². The normalized spacial score (nSPS) is 10.2. The molecule has 1 aromatic rings. The minimum atomic E-state index is -0.460. The summed E-state index contributed by atoms with van der Waals surface area (Å²) in [4.78, 5) is 22.3. The van der Waals surface area contributed by atoms with Gasteiger partial charge in [0.05, 0.1) is 12.7 Å². The van der Waals surface area contributed by atoms with Crippen LogP contribution in [-0.2, 0) is 9.53 Å². The fraction of sp³-hybridized carbons (Fsp3) is 0.429. The Morgan fingerprint density at radius 1 is 1.30 bits per heavy atom. The van der Waals surface area contributed by atoms with Crippen LogP contribution < -0.4 is 9.47 Å². The number of ether oxygens (including phenoxy) is 3. The van der Waals surface area contributed by atoms with E-state index in [0.717, 1.165) is 0 Å². The molecule has 0 amide bonds. The molecule has 0 spiro atoms. The highest BCUT2D eigenvalue weighted by molar-refractivity contribution is 9.10. The predicted molar refractivity (Wildman–Crippen MR) is 77.4 cm³/mol. The second kappa shape index (κ2) is 7.89. The van der Waals surface area contributed by atoms with Gasteiger partial charge in [-0.1, -0.05) is 0 Å². The minimum Gasteiger partial charge on any atom is -0.490 e. The maximum absolute atomic E-state index is 11.4. The van der Waals surface area contributed by atoms with E-state index in [1.807, 2.05) is 6.92 Å². The van der Waals surface area contributed by atoms with E-state index in [-0.39, 0.29) is 12.7 Å². The summed E-state index contributed by atoms with van der Waals surface area (Å²) in [6.07, 6.45) is 0.519. The van der Waals surface area contributed by atoms with Crippen LogP contribution >= 0.6 is 15.9 Å². The lowest BCUT2D eigenvalue weighted by Gasteiger charge is -2.14. The summed E-state index contributed by atoms with van der Waals surface area (Å²) in [5.41, 5.74) is 0.450. The summed E-state index contributed by atoms with van der Waals surface area (Å²) in [6.45, 7) is 5.55. The number of carbonyl (C=O) groups excluding carboxylic acids is 2. The van der Waals surface area contributed by atoms with Crippen molar-refractivity contribution in [2.24, 2.45) is 0 Å². The Morgan fingerprint density at radius 3 is 2.50 bits per heavy atom. The van der Waals surface area contributed by atoms with E-state index in [2.05, 4.69) is 15.9 Å². The Kier molecular flexibility index (Phi) is 6.51. The van der Waals surface area contributed by atoms with Gasteiger partial charge in [0.15, 0.2) is 24.4 Å². The molecule has 0 unspecified atom stereocenters. The summed E-state index contributed by atoms with van der Waals surface area (Å²) < 4.78 is 16.3. The van der Waals surface area contributed by atoms with Gasteiger partial charge < -0.3 is 14.2 Å². The van der Waals surface area contributed by atoms with E-state index >= 15 is 0 Å². The molecule has 0 atom stereocenters. The summed E-state index contributed by atoms with van der Waals surface area (Å²) >= 11 is 3.26. The zero-order chi connectivity index (χ0) is 15.1. The molecule has 0 saturated carbocycles. The molecule has 0 heterocycles. The van der Waals surface area contributed by atoms with Gasteiger partial charge >= 0.3 is 5.97 Å². The fourth-order valence-corrected chi connectivity index (χ4v) is 1.87. The highest BCUT2D eigenvalue weighted by Gasteiger charge is 2.13. The van der Waals surface area contributed by atoms with Gasteiger partial charge in [-0.3, -0.25) is 4.79 Å². The molecule has 0 bridgehead atoms. The fourth-order valence-electron chi connectivity index (χ4n) is 1.46. The largest absolute Gasteiger partial charge is 0.490 e. The minimum absolute atomic E-state index is 0.193. The SMILES string of the molecule is CCOc1cc(C=O)c(Br)cc1OCC(=O)OC(C)C. The summed E-state index contributed by atoms with van der Waals surface area (Å²) in [6, 6.07) is 3.15. The van der Waals surface area contributed by atoms with Crippen molar-refractivity contribution < 1.29 is 23.8 Å². The van der Waals surface area contributed by atoms with Crippen molar-refractivity contribution in [1.29, 1.82) is 0 Å². The molecule has 20 heavy (non-hydrogen) atoms. The lowest BCUT2D eigenvalue weighted by molar-refractivity contribution is -0.149. The van der Waals surface area contributed by atoms with E-state index < -0.39 is 5.97 Å². The number of benzene rings is 1. The summed E-state index contributed by atoms with van der Waals surface area (Å²) in [7, 11) is 0. The number of hydrogen-bond acceptors (Lipinski definition) is 5. The molecule has 1 rings (SSSR count). The highest BCUT2D eigenvalue weighted by atomic mass is 79.9. The van der Waals surface area contributed by atoms with Crippen molar-refractivity contribution in [1.82, 2.24) is 0 Å². The van der Waals surface area contributed by atoms with Crippen LogP contribution in [-0.4, -0.2) is 31.6 Å². The Hall–Kier alpha value is -1.56. The monoisotopic (exact) mass is 344 g/mol. The lowest BCUT2D eigenvalue weighted by Crippen LogP contribution is -2.19. The van der Waals surface area contributed by atoms with Gasteiger partial charge in [0.2, 0.25) is 0 Å². The zero-order valence-electron chi connectivity index (χ0n) is 11.6. The van der Waals surface area contributed by atoms with Crippen molar-refractivity contribution in [2.45, 2.75) is 26.9 Å². The lowest BCUT2D eigenvalue weighted by atomic mass is 10.2. The van der Waals surface area contributed by atoms with E-state index in [1.165, 1.54) is 0 Å². The first kappa shape index (κ1) is 16.5. The average Bonchev–Trinajstić information content (AvgIpc) is 2.38. The first-order valence-electron chi connectivity index (χ1n) is 6.21. The van der Waals surface area contributed by atoms with Gasteiger partial charge in [-0.2, -0.15) is 0 Å². The van der Waals surface area contributed by atoms with Crippen molar-refractivity contribution in [3.05, 3.63) is 22.2 Å². The van der Waals surface area contributed by atoms with Crippen molar-refractivity contribution in [3.63, 3.8) is 0 Å². The van der Waals surface area contributed by atoms with Crippen molar-refractivity contribution in [2.75, 3.05) is 13.2 Å². The van der Waals surface area contributed by atoms with Crippen LogP contribution in [0.5, 0.6) is 11.5 Å². The van der Waals surface area contributed by atoms with Gasteiger partial charge in [0, 0.05) is 10.0 Å². The number of rotatable bonds is 7. The van der Waals surface area contributed by atoms with Crippen LogP contribution in [0.25, 0.3) is 0 Å². The van der Waals surface area contributed by atoms with E-state index in [4.69, 9.17) is 14.2 Å². The molecule has 0 saturated heterocycles. The maximum atomic E-state index is 11.4. The Morgan fingerprint density at radius 2 is 1.95 bits per heavy atom. The van der Waals surface area contributed by atoms with Gasteiger partial charge in [-0.25, -0.2) is 4.79 Å². The molecule has 0 radical (unpaired) electrons. The predicted octanol–water partition coefficient (Wildman–Crippen LogP) is 2.99. The second-order valence-corrected chi connectivity index (χ2v) is 5.05. The van der Waals surface area contributed by atoms with Gasteiger partial charge in [0.1, 0.15) is 0 Å². The Labute approximate surface area is 126 Å². The molecule has 0 fully saturated rings. The third-order valence-electron chi connectivity index (χ3n) is 2.20. The van der Waals surface area contributed by atoms with Crippen LogP contribution in [0.4, 0.5) is 0 Å². The average molecular weight is 345 g/mol. The van der Waals surface area contributed by atoms with Gasteiger partial charge in [-0.05, 0) is 48.8 Å². The molecule has 0 aliphatic carbocycles. The number of esters is 1. The van der Waals surface area contributed by atoms with Crippen LogP contribution in [0.2, 0.25) is 0 Å². The highest BCUT2D eigenvalue weighted by Crippen LogP contribution is 2.33. The van der Waals surface area contributed by atoms with Crippen molar-refractivity contribution in [3.8, 4) is 11.5 Å². The molecular formula is C14H17BrO5. The van der Waals surface area contributed by atoms with E-state index in [9.17, 15) is 9.59 Å². The Bertz CT molecular complexity index is 485. The Balaban J connectivity index is 2.84. The summed E-state index contributed by atoms with van der Waals surface area (Å²) in [5, 5.41) is 0. The standard InChI is InChI=1S/C14H17BrO5/c1-4-18-12-5-10(7-16)11(15)6-13(12)19-8-14(17)20-9(2)3/h5-7,9H,4,8H2,1-3H3. The molecule has 0 aromatic heterocycles. The quantitative estimate of drug-likeness (QED) is 0.562. The zero-order valence-corrected chi connectivity index (χ0v) is 13.2. The molecule has 110 valence electrons. The van der Waals surface area contributed by atoms with E-state index in [0.29, 0.717) is 34.4 Å². The number of aldehydes is 1. The van der Waals surface area contributed by atoms with Gasteiger partial charge in [0.25, 0.3) is 0 Å². The number of hydrogen-bond donors (Lipinski definition) is 0. The molecule has 0 N–H and O–H groups in total. The smallest absolute Gasteiger partial charge is 0.344 e. The third-order valence-corrected chi connectivity index (χ3v) is 2.89. The first-order chi connectivity index (χ1) is 9.47. The number of halogens is 1. The molecule has 0 aliphatic rings. The molecule has 1 aromatic carbocycles. The first-order valence-corrected chi connectivity index (χ1v) is 7.01. The second-order valence-electron chi connectivity index (χ2n) is 4.20. The van der Waals surface area contributed by atoms with Crippen LogP contribution in [0, 0.1) is 0 Å².